The normalized spacial score (nSPS) is 18.2. The van der Waals surface area contributed by atoms with Crippen LogP contribution in [-0.4, -0.2) is 40.2 Å². The number of pyridine rings is 1. The molecule has 4 rings (SSSR count). The summed E-state index contributed by atoms with van der Waals surface area (Å²) >= 11 is 0. The van der Waals surface area contributed by atoms with Gasteiger partial charge in [-0.2, -0.15) is 13.2 Å². The fraction of sp³-hybridized carbons (Fsp3) is 0.350. The van der Waals surface area contributed by atoms with E-state index in [1.54, 1.807) is 20.0 Å². The molecule has 0 spiro atoms. The number of halogens is 3. The van der Waals surface area contributed by atoms with Crippen LogP contribution in [0.25, 0.3) is 5.65 Å². The molecule has 2 unspecified atom stereocenters. The Hall–Kier alpha value is -3.30. The molecule has 10 heteroatoms. The summed E-state index contributed by atoms with van der Waals surface area (Å²) in [6, 6.07) is 8.89. The predicted octanol–water partition coefficient (Wildman–Crippen LogP) is 3.46. The van der Waals surface area contributed by atoms with Gasteiger partial charge in [0.05, 0.1) is 11.6 Å². The third kappa shape index (κ3) is 3.21. The third-order valence-corrected chi connectivity index (χ3v) is 5.21. The van der Waals surface area contributed by atoms with Gasteiger partial charge in [0.1, 0.15) is 17.5 Å². The number of ether oxygens (including phenoxy) is 1. The van der Waals surface area contributed by atoms with E-state index in [2.05, 4.69) is 15.5 Å². The van der Waals surface area contributed by atoms with Crippen LogP contribution < -0.4 is 15.0 Å². The molecule has 1 N–H and O–H groups in total. The van der Waals surface area contributed by atoms with E-state index in [4.69, 9.17) is 4.74 Å². The summed E-state index contributed by atoms with van der Waals surface area (Å²) in [4.78, 5) is 14.6. The van der Waals surface area contributed by atoms with Gasteiger partial charge in [0.15, 0.2) is 5.65 Å². The molecular weight excluding hydrogens is 399 g/mol. The van der Waals surface area contributed by atoms with E-state index in [1.165, 1.54) is 4.90 Å². The smallest absolute Gasteiger partial charge is 0.431 e. The average molecular weight is 419 g/mol. The maximum Gasteiger partial charge on any atom is 0.431 e. The number of hydrogen-bond donors (Lipinski definition) is 1. The molecule has 0 saturated heterocycles. The van der Waals surface area contributed by atoms with Gasteiger partial charge in [-0.05, 0) is 32.0 Å². The number of fused-ring (bicyclic) bond motifs is 2. The van der Waals surface area contributed by atoms with E-state index >= 15 is 0 Å². The van der Waals surface area contributed by atoms with Crippen LogP contribution in [0.3, 0.4) is 0 Å². The minimum Gasteiger partial charge on any atom is -0.488 e. The summed E-state index contributed by atoms with van der Waals surface area (Å²) in [5.74, 6) is 0.128. The molecular formula is C20H20F3N5O2. The zero-order valence-corrected chi connectivity index (χ0v) is 16.6. The highest BCUT2D eigenvalue weighted by atomic mass is 19.4. The van der Waals surface area contributed by atoms with Crippen LogP contribution in [-0.2, 0) is 6.18 Å². The van der Waals surface area contributed by atoms with Crippen molar-refractivity contribution >= 4 is 17.5 Å². The van der Waals surface area contributed by atoms with Crippen LogP contribution >= 0.6 is 0 Å². The first kappa shape index (κ1) is 20.0. The Morgan fingerprint density at radius 2 is 1.97 bits per heavy atom. The summed E-state index contributed by atoms with van der Waals surface area (Å²) in [7, 11) is 1.61. The first-order valence-electron chi connectivity index (χ1n) is 9.45. The summed E-state index contributed by atoms with van der Waals surface area (Å²) in [6.07, 6.45) is -4.96. The Morgan fingerprint density at radius 1 is 1.23 bits per heavy atom. The van der Waals surface area contributed by atoms with E-state index in [1.807, 2.05) is 25.1 Å². The lowest BCUT2D eigenvalue weighted by atomic mass is 10.0. The molecule has 30 heavy (non-hydrogen) atoms. The Kier molecular flexibility index (Phi) is 4.79. The quantitative estimate of drug-likeness (QED) is 0.701. The van der Waals surface area contributed by atoms with Crippen molar-refractivity contribution in [3.63, 3.8) is 0 Å². The second-order valence-corrected chi connectivity index (χ2v) is 7.12. The summed E-state index contributed by atoms with van der Waals surface area (Å²) in [5.41, 5.74) is -0.285. The second kappa shape index (κ2) is 7.19. The SMILES string of the molecule is CCN(C)c1nnc2c(C(=O)NC3c4ccccc4OC3C)ccc(C(F)(F)F)n12. The number of carbonyl (C=O) groups is 1. The number of carbonyl (C=O) groups excluding carboxylic acids is 1. The number of benzene rings is 1. The highest BCUT2D eigenvalue weighted by Crippen LogP contribution is 2.37. The van der Waals surface area contributed by atoms with Gasteiger partial charge in [0.25, 0.3) is 5.91 Å². The van der Waals surface area contributed by atoms with Crippen LogP contribution in [0.2, 0.25) is 0 Å². The molecule has 3 aromatic rings. The van der Waals surface area contributed by atoms with Crippen LogP contribution in [0.1, 0.15) is 41.5 Å². The van der Waals surface area contributed by atoms with Crippen molar-refractivity contribution < 1.29 is 22.7 Å². The lowest BCUT2D eigenvalue weighted by Gasteiger charge is -2.19. The van der Waals surface area contributed by atoms with E-state index in [-0.39, 0.29) is 23.3 Å². The van der Waals surface area contributed by atoms with Gasteiger partial charge < -0.3 is 15.0 Å². The Morgan fingerprint density at radius 3 is 2.67 bits per heavy atom. The molecule has 0 fully saturated rings. The molecule has 0 bridgehead atoms. The lowest BCUT2D eigenvalue weighted by Crippen LogP contribution is -2.34. The number of nitrogens with zero attached hydrogens (tertiary/aromatic N) is 4. The number of rotatable bonds is 4. The molecule has 0 saturated carbocycles. The van der Waals surface area contributed by atoms with Gasteiger partial charge >= 0.3 is 6.18 Å². The number of para-hydroxylation sites is 1. The van der Waals surface area contributed by atoms with Crippen LogP contribution in [0.15, 0.2) is 36.4 Å². The number of amides is 1. The molecule has 1 aromatic carbocycles. The van der Waals surface area contributed by atoms with Crippen LogP contribution in [0, 0.1) is 0 Å². The minimum atomic E-state index is -4.63. The first-order chi connectivity index (χ1) is 14.2. The van der Waals surface area contributed by atoms with E-state index in [0.29, 0.717) is 12.3 Å². The van der Waals surface area contributed by atoms with Gasteiger partial charge in [0, 0.05) is 19.2 Å². The number of hydrogen-bond acceptors (Lipinski definition) is 5. The molecule has 1 aliphatic heterocycles. The number of aromatic nitrogens is 3. The molecule has 158 valence electrons. The third-order valence-electron chi connectivity index (χ3n) is 5.21. The maximum atomic E-state index is 13.6. The molecule has 1 aliphatic rings. The highest BCUT2D eigenvalue weighted by molar-refractivity contribution is 6.00. The maximum absolute atomic E-state index is 13.6. The van der Waals surface area contributed by atoms with Gasteiger partial charge in [-0.3, -0.25) is 9.20 Å². The van der Waals surface area contributed by atoms with Crippen molar-refractivity contribution in [2.45, 2.75) is 32.2 Å². The average Bonchev–Trinajstić information content (AvgIpc) is 3.27. The van der Waals surface area contributed by atoms with Crippen LogP contribution in [0.5, 0.6) is 5.75 Å². The first-order valence-corrected chi connectivity index (χ1v) is 9.45. The molecule has 7 nitrogen and oxygen atoms in total. The fourth-order valence-corrected chi connectivity index (χ4v) is 3.55. The topological polar surface area (TPSA) is 71.8 Å². The van der Waals surface area contributed by atoms with Gasteiger partial charge in [0.2, 0.25) is 5.95 Å². The van der Waals surface area contributed by atoms with Gasteiger partial charge in [-0.1, -0.05) is 18.2 Å². The molecule has 0 aliphatic carbocycles. The number of anilines is 1. The molecule has 2 aromatic heterocycles. The zero-order chi connectivity index (χ0) is 21.6. The number of alkyl halides is 3. The van der Waals surface area contributed by atoms with Crippen molar-refractivity contribution in [1.29, 1.82) is 0 Å². The van der Waals surface area contributed by atoms with E-state index < -0.39 is 23.8 Å². The molecule has 3 heterocycles. The predicted molar refractivity (Wildman–Crippen MR) is 104 cm³/mol. The van der Waals surface area contributed by atoms with Crippen molar-refractivity contribution in [3.8, 4) is 5.75 Å². The monoisotopic (exact) mass is 419 g/mol. The zero-order valence-electron chi connectivity index (χ0n) is 16.6. The summed E-state index contributed by atoms with van der Waals surface area (Å²) in [6.45, 7) is 4.02. The van der Waals surface area contributed by atoms with Crippen molar-refractivity contribution in [3.05, 3.63) is 53.2 Å². The molecule has 1 amide bonds. The largest absolute Gasteiger partial charge is 0.488 e. The Bertz CT molecular complexity index is 1110. The van der Waals surface area contributed by atoms with Crippen molar-refractivity contribution in [2.75, 3.05) is 18.5 Å². The summed E-state index contributed by atoms with van der Waals surface area (Å²) in [5, 5.41) is 10.7. The summed E-state index contributed by atoms with van der Waals surface area (Å²) < 4.78 is 47.5. The second-order valence-electron chi connectivity index (χ2n) is 7.12. The van der Waals surface area contributed by atoms with E-state index in [9.17, 15) is 18.0 Å². The lowest BCUT2D eigenvalue weighted by molar-refractivity contribution is -0.141. The van der Waals surface area contributed by atoms with Gasteiger partial charge in [-0.15, -0.1) is 10.2 Å². The standard InChI is InChI=1S/C20H20F3N5O2/c1-4-27(3)19-26-25-17-13(9-10-15(28(17)19)20(21,22)23)18(29)24-16-11(2)30-14-8-6-5-7-12(14)16/h5-11,16H,4H2,1-3H3,(H,24,29). The minimum absolute atomic E-state index is 0.00262. The molecule has 0 radical (unpaired) electrons. The van der Waals surface area contributed by atoms with Crippen molar-refractivity contribution in [1.82, 2.24) is 19.9 Å². The Balaban J connectivity index is 1.76. The fourth-order valence-electron chi connectivity index (χ4n) is 3.55. The van der Waals surface area contributed by atoms with Gasteiger partial charge in [-0.25, -0.2) is 0 Å². The highest BCUT2D eigenvalue weighted by Gasteiger charge is 2.37. The number of nitrogens with one attached hydrogen (secondary N) is 1. The van der Waals surface area contributed by atoms with E-state index in [0.717, 1.165) is 22.1 Å². The molecule has 2 atom stereocenters. The van der Waals surface area contributed by atoms with Crippen molar-refractivity contribution in [2.24, 2.45) is 0 Å². The van der Waals surface area contributed by atoms with Crippen LogP contribution in [0.4, 0.5) is 19.1 Å². The Labute approximate surface area is 170 Å².